The van der Waals surface area contributed by atoms with Crippen molar-refractivity contribution in [1.29, 1.82) is 0 Å². The number of halogens is 4. The number of ether oxygens (including phenoxy) is 1. The van der Waals surface area contributed by atoms with Gasteiger partial charge in [0.1, 0.15) is 11.3 Å². The molecule has 0 fully saturated rings. The van der Waals surface area contributed by atoms with Crippen molar-refractivity contribution < 1.29 is 27.6 Å². The molecule has 1 aromatic carbocycles. The van der Waals surface area contributed by atoms with E-state index in [2.05, 4.69) is 15.0 Å². The Kier molecular flexibility index (Phi) is 7.15. The molecule has 0 bridgehead atoms. The lowest BCUT2D eigenvalue weighted by Gasteiger charge is -2.09. The van der Waals surface area contributed by atoms with E-state index in [-0.39, 0.29) is 31.7 Å². The summed E-state index contributed by atoms with van der Waals surface area (Å²) in [6, 6.07) is 6.05. The number of nitrogens with one attached hydrogen (secondary N) is 1. The SMILES string of the molecule is CCOC(=O)CCCNC(=O)c1c(-c2ccc(Cl)cc2)noc1C(F)(F)Cl. The summed E-state index contributed by atoms with van der Waals surface area (Å²) in [7, 11) is 0. The maximum Gasteiger partial charge on any atom is 0.383 e. The third kappa shape index (κ3) is 5.64. The minimum Gasteiger partial charge on any atom is -0.466 e. The summed E-state index contributed by atoms with van der Waals surface area (Å²) < 4.78 is 36.6. The number of amides is 1. The average molecular weight is 421 g/mol. The minimum atomic E-state index is -3.92. The van der Waals surface area contributed by atoms with Crippen molar-refractivity contribution in [2.24, 2.45) is 0 Å². The molecule has 1 heterocycles. The third-order valence-corrected chi connectivity index (χ3v) is 3.87. The van der Waals surface area contributed by atoms with E-state index in [9.17, 15) is 18.4 Å². The van der Waals surface area contributed by atoms with Crippen molar-refractivity contribution in [3.63, 3.8) is 0 Å². The van der Waals surface area contributed by atoms with Crippen LogP contribution in [-0.2, 0) is 14.9 Å². The maximum atomic E-state index is 13.6. The van der Waals surface area contributed by atoms with Gasteiger partial charge in [-0.05, 0) is 37.1 Å². The van der Waals surface area contributed by atoms with Crippen LogP contribution in [0.2, 0.25) is 5.02 Å². The van der Waals surface area contributed by atoms with E-state index in [1.165, 1.54) is 24.3 Å². The lowest BCUT2D eigenvalue weighted by Crippen LogP contribution is -2.27. The summed E-state index contributed by atoms with van der Waals surface area (Å²) in [5.41, 5.74) is -0.217. The molecule has 1 amide bonds. The standard InChI is InChI=1S/C17H16Cl2F2N2O4/c1-2-26-12(24)4-3-9-22-16(25)13-14(10-5-7-11(18)8-6-10)23-27-15(13)17(19,20)21/h5-8H,2-4,9H2,1H3,(H,22,25). The van der Waals surface area contributed by atoms with Crippen molar-refractivity contribution in [1.82, 2.24) is 10.5 Å². The van der Waals surface area contributed by atoms with Crippen LogP contribution in [0.3, 0.4) is 0 Å². The van der Waals surface area contributed by atoms with Crippen LogP contribution in [0.25, 0.3) is 11.3 Å². The summed E-state index contributed by atoms with van der Waals surface area (Å²) >= 11 is 10.9. The van der Waals surface area contributed by atoms with Gasteiger partial charge in [0.15, 0.2) is 0 Å². The predicted octanol–water partition coefficient (Wildman–Crippen LogP) is 4.36. The smallest absolute Gasteiger partial charge is 0.383 e. The van der Waals surface area contributed by atoms with Gasteiger partial charge in [-0.25, -0.2) is 0 Å². The lowest BCUT2D eigenvalue weighted by molar-refractivity contribution is -0.143. The number of hydrogen-bond acceptors (Lipinski definition) is 5. The van der Waals surface area contributed by atoms with Crippen molar-refractivity contribution in [3.05, 3.63) is 40.6 Å². The number of aromatic nitrogens is 1. The molecule has 2 rings (SSSR count). The van der Waals surface area contributed by atoms with Gasteiger partial charge in [0.05, 0.1) is 6.61 Å². The molecule has 0 aliphatic rings. The number of nitrogens with zero attached hydrogens (tertiary/aromatic N) is 1. The van der Waals surface area contributed by atoms with Crippen LogP contribution in [0.4, 0.5) is 8.78 Å². The van der Waals surface area contributed by atoms with Gasteiger partial charge in [-0.15, -0.1) is 0 Å². The van der Waals surface area contributed by atoms with E-state index in [1.54, 1.807) is 6.92 Å². The Hall–Kier alpha value is -2.19. The van der Waals surface area contributed by atoms with Crippen LogP contribution in [0, 0.1) is 0 Å². The molecule has 10 heteroatoms. The molecular formula is C17H16Cl2F2N2O4. The number of alkyl halides is 3. The van der Waals surface area contributed by atoms with Crippen LogP contribution in [-0.4, -0.2) is 30.2 Å². The van der Waals surface area contributed by atoms with Crippen molar-refractivity contribution in [2.45, 2.75) is 25.1 Å². The van der Waals surface area contributed by atoms with Gasteiger partial charge in [0, 0.05) is 23.6 Å². The highest BCUT2D eigenvalue weighted by atomic mass is 35.5. The monoisotopic (exact) mass is 420 g/mol. The van der Waals surface area contributed by atoms with Crippen LogP contribution in [0.1, 0.15) is 35.9 Å². The van der Waals surface area contributed by atoms with Crippen molar-refractivity contribution in [2.75, 3.05) is 13.2 Å². The Morgan fingerprint density at radius 1 is 1.30 bits per heavy atom. The van der Waals surface area contributed by atoms with Gasteiger partial charge < -0.3 is 14.6 Å². The Bertz CT molecular complexity index is 804. The zero-order valence-electron chi connectivity index (χ0n) is 14.2. The van der Waals surface area contributed by atoms with Crippen LogP contribution in [0.5, 0.6) is 0 Å². The Labute approximate surface area is 163 Å². The van der Waals surface area contributed by atoms with E-state index in [1.807, 2.05) is 0 Å². The van der Waals surface area contributed by atoms with E-state index in [0.29, 0.717) is 10.6 Å². The Morgan fingerprint density at radius 3 is 2.56 bits per heavy atom. The summed E-state index contributed by atoms with van der Waals surface area (Å²) in [5, 5.41) is 2.52. The molecular weight excluding hydrogens is 405 g/mol. The van der Waals surface area contributed by atoms with Crippen molar-refractivity contribution >= 4 is 35.1 Å². The highest BCUT2D eigenvalue weighted by Crippen LogP contribution is 2.38. The van der Waals surface area contributed by atoms with Crippen LogP contribution in [0.15, 0.2) is 28.8 Å². The van der Waals surface area contributed by atoms with E-state index in [4.69, 9.17) is 27.9 Å². The molecule has 146 valence electrons. The zero-order valence-corrected chi connectivity index (χ0v) is 15.7. The lowest BCUT2D eigenvalue weighted by atomic mass is 10.1. The molecule has 1 N–H and O–H groups in total. The molecule has 1 aromatic heterocycles. The molecule has 0 spiro atoms. The van der Waals surface area contributed by atoms with Crippen LogP contribution >= 0.6 is 23.2 Å². The number of benzene rings is 1. The first-order valence-electron chi connectivity index (χ1n) is 8.00. The molecule has 27 heavy (non-hydrogen) atoms. The second-order valence-corrected chi connectivity index (χ2v) is 6.32. The average Bonchev–Trinajstić information content (AvgIpc) is 3.05. The first kappa shape index (κ1) is 21.1. The summed E-state index contributed by atoms with van der Waals surface area (Å²) in [5.74, 6) is -2.32. The number of esters is 1. The molecule has 0 saturated carbocycles. The van der Waals surface area contributed by atoms with Gasteiger partial charge in [-0.2, -0.15) is 8.78 Å². The van der Waals surface area contributed by atoms with Crippen molar-refractivity contribution in [3.8, 4) is 11.3 Å². The zero-order chi connectivity index (χ0) is 20.0. The number of hydrogen-bond donors (Lipinski definition) is 1. The normalized spacial score (nSPS) is 11.3. The highest BCUT2D eigenvalue weighted by Gasteiger charge is 2.40. The van der Waals surface area contributed by atoms with Gasteiger partial charge in [0.2, 0.25) is 5.76 Å². The largest absolute Gasteiger partial charge is 0.466 e. The van der Waals surface area contributed by atoms with Gasteiger partial charge >= 0.3 is 11.4 Å². The Balaban J connectivity index is 2.20. The fourth-order valence-corrected chi connectivity index (χ4v) is 2.51. The van der Waals surface area contributed by atoms with Crippen LogP contribution < -0.4 is 5.32 Å². The second-order valence-electron chi connectivity index (χ2n) is 5.40. The molecule has 2 aromatic rings. The summed E-state index contributed by atoms with van der Waals surface area (Å²) in [6.45, 7) is 2.00. The quantitative estimate of drug-likeness (QED) is 0.389. The third-order valence-electron chi connectivity index (χ3n) is 3.44. The van der Waals surface area contributed by atoms with Gasteiger partial charge in [-0.1, -0.05) is 28.9 Å². The van der Waals surface area contributed by atoms with Gasteiger partial charge in [-0.3, -0.25) is 9.59 Å². The molecule has 6 nitrogen and oxygen atoms in total. The topological polar surface area (TPSA) is 81.4 Å². The number of rotatable bonds is 8. The fraction of sp³-hybridized carbons (Fsp3) is 0.353. The number of carbonyl (C=O) groups excluding carboxylic acids is 2. The molecule has 0 radical (unpaired) electrons. The van der Waals surface area contributed by atoms with E-state index >= 15 is 0 Å². The number of carbonyl (C=O) groups is 2. The first-order valence-corrected chi connectivity index (χ1v) is 8.76. The predicted molar refractivity (Wildman–Crippen MR) is 94.9 cm³/mol. The van der Waals surface area contributed by atoms with E-state index < -0.39 is 28.6 Å². The Morgan fingerprint density at radius 2 is 1.96 bits per heavy atom. The molecule has 0 unspecified atom stereocenters. The molecule has 0 atom stereocenters. The molecule has 0 saturated heterocycles. The highest BCUT2D eigenvalue weighted by molar-refractivity contribution is 6.30. The fourth-order valence-electron chi connectivity index (χ4n) is 2.26. The second kappa shape index (κ2) is 9.14. The van der Waals surface area contributed by atoms with E-state index in [0.717, 1.165) is 0 Å². The summed E-state index contributed by atoms with van der Waals surface area (Å²) in [4.78, 5) is 23.7. The summed E-state index contributed by atoms with van der Waals surface area (Å²) in [6.07, 6.45) is 0.360. The van der Waals surface area contributed by atoms with Gasteiger partial charge in [0.25, 0.3) is 5.91 Å². The molecule has 0 aliphatic carbocycles. The minimum absolute atomic E-state index is 0.0657. The first-order chi connectivity index (χ1) is 12.7. The maximum absolute atomic E-state index is 13.6. The molecule has 0 aliphatic heterocycles.